The van der Waals surface area contributed by atoms with Gasteiger partial charge in [0.1, 0.15) is 11.9 Å². The molecular weight excluding hydrogens is 324 g/mol. The van der Waals surface area contributed by atoms with Gasteiger partial charge in [-0.1, -0.05) is 12.1 Å². The molecule has 24 heavy (non-hydrogen) atoms. The highest BCUT2D eigenvalue weighted by molar-refractivity contribution is 7.98. The van der Waals surface area contributed by atoms with Gasteiger partial charge in [0.05, 0.1) is 17.0 Å². The Bertz CT molecular complexity index is 706. The van der Waals surface area contributed by atoms with E-state index in [0.717, 1.165) is 22.6 Å². The van der Waals surface area contributed by atoms with Crippen LogP contribution in [0.15, 0.2) is 24.3 Å². The number of hydrogen-bond donors (Lipinski definition) is 2. The Hall–Kier alpha value is -2.02. The van der Waals surface area contributed by atoms with Crippen LogP contribution in [-0.4, -0.2) is 57.8 Å². The predicted octanol–water partition coefficient (Wildman–Crippen LogP) is 1.75. The molecule has 2 aromatic rings. The van der Waals surface area contributed by atoms with Gasteiger partial charge < -0.3 is 15.2 Å². The zero-order valence-electron chi connectivity index (χ0n) is 13.9. The normalized spacial score (nSPS) is 16.0. The van der Waals surface area contributed by atoms with Gasteiger partial charge in [-0.05, 0) is 30.6 Å². The van der Waals surface area contributed by atoms with Gasteiger partial charge in [0.2, 0.25) is 11.8 Å². The molecule has 0 radical (unpaired) electrons. The van der Waals surface area contributed by atoms with Crippen LogP contribution in [-0.2, 0) is 9.59 Å². The lowest BCUT2D eigenvalue weighted by molar-refractivity contribution is -0.140. The van der Waals surface area contributed by atoms with Crippen LogP contribution in [0.4, 0.5) is 0 Å². The summed E-state index contributed by atoms with van der Waals surface area (Å²) in [5.41, 5.74) is 1.97. The molecule has 1 aliphatic rings. The molecule has 3 rings (SSSR count). The number of carbonyl (C=O) groups excluding carboxylic acids is 2. The monoisotopic (exact) mass is 346 g/mol. The third-order valence-electron chi connectivity index (χ3n) is 4.27. The fraction of sp³-hybridized carbons (Fsp3) is 0.471. The lowest BCUT2D eigenvalue weighted by Gasteiger charge is -2.40. The first-order valence-electron chi connectivity index (χ1n) is 8.08. The molecular formula is C17H22N4O2S. The second kappa shape index (κ2) is 7.25. The van der Waals surface area contributed by atoms with Gasteiger partial charge in [-0.3, -0.25) is 9.59 Å². The number of hydrogen-bond acceptors (Lipinski definition) is 4. The van der Waals surface area contributed by atoms with Crippen LogP contribution in [0.25, 0.3) is 11.0 Å². The van der Waals surface area contributed by atoms with Crippen LogP contribution in [0.3, 0.4) is 0 Å². The number of aromatic nitrogens is 2. The molecule has 0 bridgehead atoms. The van der Waals surface area contributed by atoms with Gasteiger partial charge in [-0.2, -0.15) is 11.8 Å². The molecule has 1 aliphatic heterocycles. The molecule has 0 spiro atoms. The van der Waals surface area contributed by atoms with Crippen LogP contribution < -0.4 is 5.32 Å². The Morgan fingerprint density at radius 1 is 1.42 bits per heavy atom. The maximum atomic E-state index is 12.6. The lowest BCUT2D eigenvalue weighted by Crippen LogP contribution is -2.56. The molecule has 6 nitrogen and oxygen atoms in total. The summed E-state index contributed by atoms with van der Waals surface area (Å²) in [6.07, 6.45) is 2.65. The minimum absolute atomic E-state index is 0.00612. The molecule has 0 unspecified atom stereocenters. The summed E-state index contributed by atoms with van der Waals surface area (Å²) in [5, 5.41) is 2.77. The topological polar surface area (TPSA) is 78.1 Å². The van der Waals surface area contributed by atoms with Crippen molar-refractivity contribution in [3.63, 3.8) is 0 Å². The summed E-state index contributed by atoms with van der Waals surface area (Å²) in [5.74, 6) is 1.85. The molecule has 0 aliphatic carbocycles. The molecule has 0 saturated carbocycles. The summed E-state index contributed by atoms with van der Waals surface area (Å²) in [6, 6.07) is 7.50. The third-order valence-corrected chi connectivity index (χ3v) is 4.92. The van der Waals surface area contributed by atoms with Crippen molar-refractivity contribution < 1.29 is 9.59 Å². The average Bonchev–Trinajstić information content (AvgIpc) is 2.92. The van der Waals surface area contributed by atoms with Crippen molar-refractivity contribution in [1.29, 1.82) is 0 Å². The number of likely N-dealkylation sites (tertiary alicyclic amines) is 1. The fourth-order valence-corrected chi connectivity index (χ4v) is 3.43. The van der Waals surface area contributed by atoms with Crippen molar-refractivity contribution in [3.8, 4) is 0 Å². The number of nitrogens with one attached hydrogen (secondary N) is 2. The molecule has 2 heterocycles. The quantitative estimate of drug-likeness (QED) is 0.835. The number of amides is 2. The summed E-state index contributed by atoms with van der Waals surface area (Å²) in [6.45, 7) is 2.74. The van der Waals surface area contributed by atoms with E-state index in [0.29, 0.717) is 19.5 Å². The first-order chi connectivity index (χ1) is 11.6. The number of nitrogens with zero attached hydrogens (tertiary/aromatic N) is 2. The van der Waals surface area contributed by atoms with Gasteiger partial charge in [0.15, 0.2) is 0 Å². The zero-order chi connectivity index (χ0) is 17.1. The van der Waals surface area contributed by atoms with Crippen molar-refractivity contribution in [3.05, 3.63) is 30.1 Å². The second-order valence-electron chi connectivity index (χ2n) is 6.11. The smallest absolute Gasteiger partial charge is 0.245 e. The molecule has 128 valence electrons. The molecule has 1 aromatic carbocycles. The standard InChI is InChI=1S/C17H22N4O2S/c1-11(22)18-15(7-8-24-2)17(23)21-9-12(10-21)16-19-13-5-3-4-6-14(13)20-16/h3-6,12,15H,7-10H2,1-2H3,(H,18,22)(H,19,20)/t15-/m0/s1. The van der Waals surface area contributed by atoms with Gasteiger partial charge in [0.25, 0.3) is 0 Å². The van der Waals surface area contributed by atoms with Gasteiger partial charge in [0, 0.05) is 20.0 Å². The Kier molecular flexibility index (Phi) is 5.08. The number of para-hydroxylation sites is 2. The summed E-state index contributed by atoms with van der Waals surface area (Å²) < 4.78 is 0. The Balaban J connectivity index is 1.61. The highest BCUT2D eigenvalue weighted by atomic mass is 32.2. The zero-order valence-corrected chi connectivity index (χ0v) is 14.7. The van der Waals surface area contributed by atoms with Gasteiger partial charge in [-0.15, -0.1) is 0 Å². The molecule has 7 heteroatoms. The van der Waals surface area contributed by atoms with Crippen LogP contribution >= 0.6 is 11.8 Å². The average molecular weight is 346 g/mol. The number of H-pyrrole nitrogens is 1. The van der Waals surface area contributed by atoms with Crippen LogP contribution in [0, 0.1) is 0 Å². The number of fused-ring (bicyclic) bond motifs is 1. The SMILES string of the molecule is CSCC[C@H](NC(C)=O)C(=O)N1CC(c2nc3ccccc3[nH]2)C1. The minimum atomic E-state index is -0.424. The van der Waals surface area contributed by atoms with Crippen LogP contribution in [0.2, 0.25) is 0 Å². The van der Waals surface area contributed by atoms with Crippen molar-refractivity contribution >= 4 is 34.6 Å². The Morgan fingerprint density at radius 2 is 2.17 bits per heavy atom. The molecule has 1 fully saturated rings. The molecule has 1 aromatic heterocycles. The predicted molar refractivity (Wildman–Crippen MR) is 96.0 cm³/mol. The van der Waals surface area contributed by atoms with E-state index in [-0.39, 0.29) is 17.7 Å². The first kappa shape index (κ1) is 16.8. The van der Waals surface area contributed by atoms with Crippen LogP contribution in [0.5, 0.6) is 0 Å². The maximum Gasteiger partial charge on any atom is 0.245 e. The molecule has 1 atom stereocenters. The van der Waals surface area contributed by atoms with Gasteiger partial charge in [-0.25, -0.2) is 4.98 Å². The highest BCUT2D eigenvalue weighted by Crippen LogP contribution is 2.27. The molecule has 2 N–H and O–H groups in total. The second-order valence-corrected chi connectivity index (χ2v) is 7.10. The van der Waals surface area contributed by atoms with E-state index < -0.39 is 6.04 Å². The van der Waals surface area contributed by atoms with Crippen molar-refractivity contribution in [2.75, 3.05) is 25.1 Å². The van der Waals surface area contributed by atoms with E-state index in [1.807, 2.05) is 30.5 Å². The number of thioether (sulfide) groups is 1. The summed E-state index contributed by atoms with van der Waals surface area (Å²) in [7, 11) is 0. The largest absolute Gasteiger partial charge is 0.345 e. The highest BCUT2D eigenvalue weighted by Gasteiger charge is 2.36. The lowest BCUT2D eigenvalue weighted by atomic mass is 9.97. The first-order valence-corrected chi connectivity index (χ1v) is 9.47. The number of rotatable bonds is 6. The Labute approximate surface area is 145 Å². The van der Waals surface area contributed by atoms with E-state index in [1.54, 1.807) is 16.7 Å². The van der Waals surface area contributed by atoms with Crippen molar-refractivity contribution in [2.24, 2.45) is 0 Å². The van der Waals surface area contributed by atoms with E-state index in [2.05, 4.69) is 15.3 Å². The Morgan fingerprint density at radius 3 is 2.83 bits per heavy atom. The number of aromatic amines is 1. The number of imidazole rings is 1. The molecule has 2 amide bonds. The fourth-order valence-electron chi connectivity index (χ4n) is 2.96. The van der Waals surface area contributed by atoms with Gasteiger partial charge >= 0.3 is 0 Å². The summed E-state index contributed by atoms with van der Waals surface area (Å²) >= 11 is 1.67. The summed E-state index contributed by atoms with van der Waals surface area (Å²) in [4.78, 5) is 33.7. The van der Waals surface area contributed by atoms with E-state index >= 15 is 0 Å². The maximum absolute atomic E-state index is 12.6. The van der Waals surface area contributed by atoms with E-state index in [9.17, 15) is 9.59 Å². The van der Waals surface area contributed by atoms with Crippen LogP contribution in [0.1, 0.15) is 25.1 Å². The molecule has 1 saturated heterocycles. The number of carbonyl (C=O) groups is 2. The minimum Gasteiger partial charge on any atom is -0.345 e. The van der Waals surface area contributed by atoms with Crippen molar-refractivity contribution in [2.45, 2.75) is 25.3 Å². The van der Waals surface area contributed by atoms with E-state index in [1.165, 1.54) is 6.92 Å². The number of benzene rings is 1. The van der Waals surface area contributed by atoms with Crippen molar-refractivity contribution in [1.82, 2.24) is 20.2 Å². The third kappa shape index (κ3) is 3.56. The van der Waals surface area contributed by atoms with E-state index in [4.69, 9.17) is 0 Å².